The molecule has 0 saturated carbocycles. The topological polar surface area (TPSA) is 23.1 Å². The quantitative estimate of drug-likeness (QED) is 0.336. The molecular weight excluding hydrogens is 431 g/mol. The summed E-state index contributed by atoms with van der Waals surface area (Å²) in [7, 11) is 0. The third kappa shape index (κ3) is 6.00. The van der Waals surface area contributed by atoms with Gasteiger partial charge in [-0.2, -0.15) is 6.07 Å². The van der Waals surface area contributed by atoms with Crippen molar-refractivity contribution in [1.82, 2.24) is 0 Å². The van der Waals surface area contributed by atoms with Gasteiger partial charge >= 0.3 is 26.2 Å². The first-order chi connectivity index (χ1) is 11.9. The second-order valence-corrected chi connectivity index (χ2v) is 9.34. The van der Waals surface area contributed by atoms with Crippen LogP contribution < -0.4 is 5.11 Å². The zero-order valence-electron chi connectivity index (χ0n) is 17.4. The first kappa shape index (κ1) is 24.1. The van der Waals surface area contributed by atoms with E-state index in [0.29, 0.717) is 5.02 Å². The number of aryl methyl sites for hydroxylation is 1. The van der Waals surface area contributed by atoms with E-state index in [9.17, 15) is 5.11 Å². The van der Waals surface area contributed by atoms with Crippen molar-refractivity contribution in [1.29, 1.82) is 0 Å². The van der Waals surface area contributed by atoms with Crippen LogP contribution in [-0.2, 0) is 37.0 Å². The van der Waals surface area contributed by atoms with Crippen LogP contribution in [0.25, 0.3) is 10.8 Å². The van der Waals surface area contributed by atoms with Crippen LogP contribution in [0.4, 0.5) is 0 Å². The van der Waals surface area contributed by atoms with Crippen LogP contribution in [-0.4, -0.2) is 0 Å². The molecule has 0 aliphatic heterocycles. The van der Waals surface area contributed by atoms with Gasteiger partial charge in [-0.3, -0.25) is 0 Å². The minimum absolute atomic E-state index is 0. The van der Waals surface area contributed by atoms with Gasteiger partial charge in [0.2, 0.25) is 0 Å². The normalized spacial score (nSPS) is 11.6. The van der Waals surface area contributed by atoms with E-state index in [1.807, 2.05) is 26.8 Å². The fourth-order valence-corrected chi connectivity index (χ4v) is 3.87. The van der Waals surface area contributed by atoms with E-state index in [0.717, 1.165) is 11.1 Å². The Morgan fingerprint density at radius 1 is 0.889 bits per heavy atom. The van der Waals surface area contributed by atoms with Gasteiger partial charge in [0.15, 0.2) is 0 Å². The minimum Gasteiger partial charge on any atom is -0.872 e. The summed E-state index contributed by atoms with van der Waals surface area (Å²) in [4.78, 5) is 0. The van der Waals surface area contributed by atoms with Gasteiger partial charge in [0.25, 0.3) is 0 Å². The molecule has 3 aromatic rings. The molecular formula is C24H29ClOZr. The third-order valence-corrected chi connectivity index (χ3v) is 4.82. The number of halogens is 1. The fraction of sp³-hybridized carbons (Fsp3) is 0.375. The molecule has 0 aliphatic carbocycles. The Kier molecular flexibility index (Phi) is 8.03. The molecule has 0 bridgehead atoms. The van der Waals surface area contributed by atoms with E-state index in [-0.39, 0.29) is 42.8 Å². The molecule has 1 nitrogen and oxygen atoms in total. The molecule has 27 heavy (non-hydrogen) atoms. The van der Waals surface area contributed by atoms with Gasteiger partial charge in [0, 0.05) is 5.02 Å². The van der Waals surface area contributed by atoms with Crippen molar-refractivity contribution in [3.63, 3.8) is 0 Å². The van der Waals surface area contributed by atoms with Crippen molar-refractivity contribution in [3.05, 3.63) is 70.2 Å². The fourth-order valence-electron chi connectivity index (χ4n) is 3.14. The zero-order chi connectivity index (χ0) is 19.7. The second kappa shape index (κ2) is 9.02. The second-order valence-electron chi connectivity index (χ2n) is 8.96. The van der Waals surface area contributed by atoms with E-state index in [1.165, 1.54) is 16.3 Å². The number of fused-ring (bicyclic) bond motifs is 1. The molecule has 0 heterocycles. The maximum Gasteiger partial charge on any atom is 2.00 e. The van der Waals surface area contributed by atoms with Gasteiger partial charge < -0.3 is 5.11 Å². The van der Waals surface area contributed by atoms with E-state index in [1.54, 1.807) is 6.07 Å². The molecule has 0 N–H and O–H groups in total. The first-order valence-corrected chi connectivity index (χ1v) is 9.41. The van der Waals surface area contributed by atoms with Crippen molar-refractivity contribution in [2.24, 2.45) is 0 Å². The van der Waals surface area contributed by atoms with Gasteiger partial charge in [0.1, 0.15) is 0 Å². The Labute approximate surface area is 188 Å². The minimum atomic E-state index is -0.213. The molecule has 142 valence electrons. The molecule has 0 aliphatic rings. The Morgan fingerprint density at radius 3 is 2.00 bits per heavy atom. The predicted molar refractivity (Wildman–Crippen MR) is 113 cm³/mol. The van der Waals surface area contributed by atoms with Crippen LogP contribution in [0.5, 0.6) is 5.75 Å². The van der Waals surface area contributed by atoms with Crippen LogP contribution in [0.15, 0.2) is 48.5 Å². The molecule has 0 aromatic heterocycles. The van der Waals surface area contributed by atoms with Gasteiger partial charge in [0.05, 0.1) is 0 Å². The number of rotatable bonds is 0. The van der Waals surface area contributed by atoms with E-state index in [4.69, 9.17) is 11.6 Å². The van der Waals surface area contributed by atoms with E-state index >= 15 is 0 Å². The van der Waals surface area contributed by atoms with Crippen LogP contribution in [0.2, 0.25) is 5.02 Å². The van der Waals surface area contributed by atoms with Crippen molar-refractivity contribution in [2.45, 2.75) is 59.3 Å². The zero-order valence-corrected chi connectivity index (χ0v) is 20.6. The number of benzene rings is 2. The summed E-state index contributed by atoms with van der Waals surface area (Å²) in [5.41, 5.74) is 2.86. The molecule has 0 radical (unpaired) electrons. The van der Waals surface area contributed by atoms with Crippen LogP contribution in [0.3, 0.4) is 0 Å². The summed E-state index contributed by atoms with van der Waals surface area (Å²) >= 11 is 6.38. The molecule has 0 saturated heterocycles. The monoisotopic (exact) mass is 458 g/mol. The Balaban J connectivity index is 0.000000284. The largest absolute Gasteiger partial charge is 2.00 e. The van der Waals surface area contributed by atoms with Crippen molar-refractivity contribution < 1.29 is 31.3 Å². The third-order valence-electron chi connectivity index (χ3n) is 4.42. The maximum absolute atomic E-state index is 11.9. The molecule has 0 amide bonds. The van der Waals surface area contributed by atoms with Crippen molar-refractivity contribution >= 4 is 22.4 Å². The molecule has 3 rings (SSSR count). The average Bonchev–Trinajstić information content (AvgIpc) is 2.85. The first-order valence-electron chi connectivity index (χ1n) is 9.04. The molecule has 0 atom stereocenters. The standard InChI is InChI=1S/C14H21ClO.C10H9.Zr/c1-13(2,3)9-7-8-10(16)11(12(9)15)14(4,5)6;1-8-6-9-4-2-3-5-10(9)7-8;/h7-8,16H,1-6H3;2-7H,1H3;/q;-1;+2/p-1. The Bertz CT molecular complexity index is 862. The molecule has 0 fully saturated rings. The van der Waals surface area contributed by atoms with Crippen LogP contribution in [0, 0.1) is 6.92 Å². The molecule has 0 unspecified atom stereocenters. The van der Waals surface area contributed by atoms with Crippen molar-refractivity contribution in [2.75, 3.05) is 0 Å². The Morgan fingerprint density at radius 2 is 1.48 bits per heavy atom. The molecule has 3 heteroatoms. The Hall–Kier alpha value is -0.977. The van der Waals surface area contributed by atoms with Crippen LogP contribution in [0.1, 0.15) is 58.2 Å². The summed E-state index contributed by atoms with van der Waals surface area (Å²) < 4.78 is 0. The maximum atomic E-state index is 11.9. The van der Waals surface area contributed by atoms with E-state index < -0.39 is 0 Å². The van der Waals surface area contributed by atoms with Gasteiger partial charge in [-0.25, -0.2) is 0 Å². The number of hydrogen-bond acceptors (Lipinski definition) is 1. The molecule has 3 aromatic carbocycles. The van der Waals surface area contributed by atoms with Crippen LogP contribution >= 0.6 is 11.6 Å². The van der Waals surface area contributed by atoms with Gasteiger partial charge in [-0.15, -0.1) is 46.4 Å². The van der Waals surface area contributed by atoms with E-state index in [2.05, 4.69) is 64.1 Å². The smallest absolute Gasteiger partial charge is 0.872 e. The molecule has 0 spiro atoms. The van der Waals surface area contributed by atoms with Gasteiger partial charge in [-0.1, -0.05) is 78.3 Å². The van der Waals surface area contributed by atoms with Crippen molar-refractivity contribution in [3.8, 4) is 5.75 Å². The summed E-state index contributed by atoms with van der Waals surface area (Å²) in [5.74, 6) is 0.0329. The summed E-state index contributed by atoms with van der Waals surface area (Å²) in [6, 6.07) is 16.3. The average molecular weight is 460 g/mol. The summed E-state index contributed by atoms with van der Waals surface area (Å²) in [5, 5.41) is 15.2. The number of hydrogen-bond donors (Lipinski definition) is 0. The summed E-state index contributed by atoms with van der Waals surface area (Å²) in [6.45, 7) is 14.5. The summed E-state index contributed by atoms with van der Waals surface area (Å²) in [6.07, 6.45) is 0. The van der Waals surface area contributed by atoms with Gasteiger partial charge in [-0.05, 0) is 22.0 Å². The SMILES string of the molecule is CC(C)(C)c1ccc([O-])c(C(C)(C)C)c1Cl.Cc1cc2ccccc2[cH-]1.[Zr+2]. The predicted octanol–water partition coefficient (Wildman–Crippen LogP) is 6.87.